The van der Waals surface area contributed by atoms with Crippen LogP contribution in [0.4, 0.5) is 17.3 Å². The monoisotopic (exact) mass is 315 g/mol. The number of anilines is 3. The SMILES string of the molecule is Cc1ccc2c(oc3ccccc32)c1N1[CH]N(C)c2nccnc21. The standard InChI is InChI=1S/C19H15N4O/c1-12-7-8-14-13-5-3-4-6-15(13)24-17(14)16(12)23-11-22(2)18-19(23)21-10-9-20-18/h3-11H,1-2H3. The molecule has 24 heavy (non-hydrogen) atoms. The Morgan fingerprint density at radius 1 is 0.917 bits per heavy atom. The number of furan rings is 1. The van der Waals surface area contributed by atoms with Crippen molar-refractivity contribution in [3.63, 3.8) is 0 Å². The van der Waals surface area contributed by atoms with Gasteiger partial charge in [-0.15, -0.1) is 0 Å². The third kappa shape index (κ3) is 1.69. The van der Waals surface area contributed by atoms with Gasteiger partial charge in [0.1, 0.15) is 12.3 Å². The molecule has 3 heterocycles. The largest absolute Gasteiger partial charge is 0.454 e. The maximum Gasteiger partial charge on any atom is 0.178 e. The number of hydrogen-bond acceptors (Lipinski definition) is 5. The summed E-state index contributed by atoms with van der Waals surface area (Å²) in [6, 6.07) is 12.4. The quantitative estimate of drug-likeness (QED) is 0.521. The highest BCUT2D eigenvalue weighted by Crippen LogP contribution is 2.44. The first-order valence-electron chi connectivity index (χ1n) is 7.83. The van der Waals surface area contributed by atoms with Crippen molar-refractivity contribution in [1.82, 2.24) is 9.97 Å². The number of fused-ring (bicyclic) bond motifs is 4. The van der Waals surface area contributed by atoms with E-state index >= 15 is 0 Å². The van der Waals surface area contributed by atoms with Gasteiger partial charge in [0, 0.05) is 30.2 Å². The topological polar surface area (TPSA) is 45.4 Å². The summed E-state index contributed by atoms with van der Waals surface area (Å²) in [5.74, 6) is 1.65. The third-order valence-electron chi connectivity index (χ3n) is 4.47. The van der Waals surface area contributed by atoms with Gasteiger partial charge in [0.15, 0.2) is 17.2 Å². The number of aryl methyl sites for hydroxylation is 1. The molecule has 5 rings (SSSR count). The summed E-state index contributed by atoms with van der Waals surface area (Å²) in [6.07, 6.45) is 3.42. The van der Waals surface area contributed by atoms with Gasteiger partial charge >= 0.3 is 0 Å². The second-order valence-electron chi connectivity index (χ2n) is 6.01. The molecule has 0 N–H and O–H groups in total. The summed E-state index contributed by atoms with van der Waals surface area (Å²) in [5, 5.41) is 2.24. The Morgan fingerprint density at radius 3 is 2.58 bits per heavy atom. The molecule has 1 radical (unpaired) electrons. The lowest BCUT2D eigenvalue weighted by molar-refractivity contribution is 0.668. The molecule has 5 heteroatoms. The Bertz CT molecular complexity index is 1090. The number of nitrogens with zero attached hydrogens (tertiary/aromatic N) is 4. The number of benzene rings is 2. The number of para-hydroxylation sites is 1. The van der Waals surface area contributed by atoms with Crippen molar-refractivity contribution in [3.8, 4) is 0 Å². The molecule has 0 saturated heterocycles. The Morgan fingerprint density at radius 2 is 1.71 bits per heavy atom. The number of aromatic nitrogens is 2. The molecule has 0 unspecified atom stereocenters. The van der Waals surface area contributed by atoms with Crippen LogP contribution in [-0.4, -0.2) is 17.0 Å². The fourth-order valence-corrected chi connectivity index (χ4v) is 3.36. The van der Waals surface area contributed by atoms with E-state index in [-0.39, 0.29) is 0 Å². The van der Waals surface area contributed by atoms with Crippen molar-refractivity contribution in [2.24, 2.45) is 0 Å². The van der Waals surface area contributed by atoms with Crippen LogP contribution in [0.1, 0.15) is 5.56 Å². The summed E-state index contributed by atoms with van der Waals surface area (Å²) in [7, 11) is 1.97. The first-order valence-corrected chi connectivity index (χ1v) is 7.83. The molecule has 5 nitrogen and oxygen atoms in total. The predicted octanol–water partition coefficient (Wildman–Crippen LogP) is 4.39. The molecule has 0 amide bonds. The van der Waals surface area contributed by atoms with Gasteiger partial charge in [0.2, 0.25) is 0 Å². The Kier molecular flexibility index (Phi) is 2.62. The normalized spacial score (nSPS) is 13.9. The summed E-state index contributed by atoms with van der Waals surface area (Å²) < 4.78 is 6.20. The number of hydrogen-bond donors (Lipinski definition) is 0. The molecule has 1 aliphatic rings. The smallest absolute Gasteiger partial charge is 0.178 e. The minimum Gasteiger partial charge on any atom is -0.454 e. The molecule has 0 aliphatic carbocycles. The molecule has 2 aromatic heterocycles. The van der Waals surface area contributed by atoms with Crippen LogP contribution in [0, 0.1) is 13.6 Å². The lowest BCUT2D eigenvalue weighted by atomic mass is 10.1. The predicted molar refractivity (Wildman–Crippen MR) is 95.3 cm³/mol. The maximum atomic E-state index is 6.20. The average molecular weight is 315 g/mol. The molecule has 0 fully saturated rings. The second kappa shape index (κ2) is 4.71. The van der Waals surface area contributed by atoms with Crippen molar-refractivity contribution >= 4 is 39.3 Å². The fraction of sp³-hybridized carbons (Fsp3) is 0.105. The average Bonchev–Trinajstić information content (AvgIpc) is 3.13. The fourth-order valence-electron chi connectivity index (χ4n) is 3.36. The molecule has 0 saturated carbocycles. The van der Waals surface area contributed by atoms with Gasteiger partial charge in [0.25, 0.3) is 0 Å². The zero-order valence-corrected chi connectivity index (χ0v) is 13.4. The van der Waals surface area contributed by atoms with Crippen molar-refractivity contribution < 1.29 is 4.42 Å². The van der Waals surface area contributed by atoms with Gasteiger partial charge < -0.3 is 9.32 Å². The maximum absolute atomic E-state index is 6.20. The molecule has 117 valence electrons. The second-order valence-corrected chi connectivity index (χ2v) is 6.01. The minimum atomic E-state index is 0.816. The van der Waals surface area contributed by atoms with Crippen molar-refractivity contribution in [3.05, 3.63) is 61.0 Å². The first-order chi connectivity index (χ1) is 11.7. The van der Waals surface area contributed by atoms with E-state index in [1.807, 2.05) is 36.8 Å². The lowest BCUT2D eigenvalue weighted by Gasteiger charge is -2.19. The van der Waals surface area contributed by atoms with E-state index in [4.69, 9.17) is 4.42 Å². The van der Waals surface area contributed by atoms with Crippen LogP contribution in [-0.2, 0) is 0 Å². The van der Waals surface area contributed by atoms with E-state index < -0.39 is 0 Å². The van der Waals surface area contributed by atoms with Crippen LogP contribution in [0.25, 0.3) is 21.9 Å². The van der Waals surface area contributed by atoms with E-state index in [1.165, 1.54) is 0 Å². The van der Waals surface area contributed by atoms with Gasteiger partial charge in [-0.25, -0.2) is 9.97 Å². The van der Waals surface area contributed by atoms with Gasteiger partial charge in [0.05, 0.1) is 5.69 Å². The zero-order valence-electron chi connectivity index (χ0n) is 13.4. The molecule has 4 aromatic rings. The van der Waals surface area contributed by atoms with E-state index in [0.29, 0.717) is 0 Å². The van der Waals surface area contributed by atoms with E-state index in [0.717, 1.165) is 44.8 Å². The molecule has 1 aliphatic heterocycles. The molecule has 0 atom stereocenters. The van der Waals surface area contributed by atoms with Gasteiger partial charge in [-0.05, 0) is 18.6 Å². The summed E-state index contributed by atoms with van der Waals surface area (Å²) >= 11 is 0. The Balaban J connectivity index is 1.83. The number of rotatable bonds is 1. The van der Waals surface area contributed by atoms with Crippen LogP contribution >= 0.6 is 0 Å². The van der Waals surface area contributed by atoms with Crippen LogP contribution in [0.2, 0.25) is 0 Å². The van der Waals surface area contributed by atoms with Crippen LogP contribution < -0.4 is 9.80 Å². The minimum absolute atomic E-state index is 0.816. The van der Waals surface area contributed by atoms with Crippen LogP contribution in [0.15, 0.2) is 53.2 Å². The van der Waals surface area contributed by atoms with E-state index in [9.17, 15) is 0 Å². The summed E-state index contributed by atoms with van der Waals surface area (Å²) in [4.78, 5) is 13.0. The van der Waals surface area contributed by atoms with E-state index in [1.54, 1.807) is 12.4 Å². The Labute approximate surface area is 139 Å². The third-order valence-corrected chi connectivity index (χ3v) is 4.47. The molecular weight excluding hydrogens is 300 g/mol. The van der Waals surface area contributed by atoms with Crippen molar-refractivity contribution in [1.29, 1.82) is 0 Å². The molecule has 0 spiro atoms. The first kappa shape index (κ1) is 13.4. The highest BCUT2D eigenvalue weighted by molar-refractivity contribution is 6.10. The highest BCUT2D eigenvalue weighted by Gasteiger charge is 2.31. The molecule has 0 bridgehead atoms. The van der Waals surface area contributed by atoms with E-state index in [2.05, 4.69) is 40.0 Å². The summed E-state index contributed by atoms with van der Waals surface area (Å²) in [6.45, 7) is 4.09. The summed E-state index contributed by atoms with van der Waals surface area (Å²) in [5.41, 5.74) is 3.91. The molecule has 2 aromatic carbocycles. The van der Waals surface area contributed by atoms with Crippen LogP contribution in [0.3, 0.4) is 0 Å². The Hall–Kier alpha value is -3.08. The van der Waals surface area contributed by atoms with Crippen molar-refractivity contribution in [2.75, 3.05) is 16.8 Å². The lowest BCUT2D eigenvalue weighted by Crippen LogP contribution is -2.18. The van der Waals surface area contributed by atoms with Gasteiger partial charge in [-0.1, -0.05) is 30.3 Å². The highest BCUT2D eigenvalue weighted by atomic mass is 16.3. The van der Waals surface area contributed by atoms with Crippen molar-refractivity contribution in [2.45, 2.75) is 6.92 Å². The van der Waals surface area contributed by atoms with Gasteiger partial charge in [-0.2, -0.15) is 0 Å². The van der Waals surface area contributed by atoms with Crippen LogP contribution in [0.5, 0.6) is 0 Å². The molecular formula is C19H15N4O. The van der Waals surface area contributed by atoms with Gasteiger partial charge in [-0.3, -0.25) is 4.90 Å². The zero-order chi connectivity index (χ0) is 16.3.